The molecule has 1 N–H and O–H groups in total. The van der Waals surface area contributed by atoms with Crippen molar-refractivity contribution < 1.29 is 23.1 Å². The highest BCUT2D eigenvalue weighted by Gasteiger charge is 2.42. The van der Waals surface area contributed by atoms with Crippen LogP contribution in [0.5, 0.6) is 5.75 Å². The Labute approximate surface area is 158 Å². The molecular formula is C20H16F3NO2S. The smallest absolute Gasteiger partial charge is 0.397 e. The van der Waals surface area contributed by atoms with E-state index in [1.807, 2.05) is 29.0 Å². The zero-order valence-corrected chi connectivity index (χ0v) is 14.9. The zero-order chi connectivity index (χ0) is 19.4. The van der Waals surface area contributed by atoms with Crippen molar-refractivity contribution in [2.75, 3.05) is 0 Å². The number of halogens is 3. The van der Waals surface area contributed by atoms with Gasteiger partial charge in [0.25, 0.3) is 0 Å². The number of pyridine rings is 1. The van der Waals surface area contributed by atoms with Gasteiger partial charge in [-0.1, -0.05) is 24.3 Å². The maximum atomic E-state index is 13.4. The standard InChI is InChI=1S/C20H16F3NO2S/c21-20(22,23)18(19-6-5-16(25)11-24-19)10-17(26)9-13-1-3-14(4-2-13)15-7-8-27-12-15/h1-8,11-12,18,25H,9-10H2/t18-/m0/s1. The number of rotatable bonds is 6. The van der Waals surface area contributed by atoms with Gasteiger partial charge in [0.05, 0.1) is 11.9 Å². The van der Waals surface area contributed by atoms with Crippen LogP contribution in [0.15, 0.2) is 59.4 Å². The molecule has 1 atom stereocenters. The highest BCUT2D eigenvalue weighted by atomic mass is 32.1. The first-order valence-electron chi connectivity index (χ1n) is 8.18. The summed E-state index contributed by atoms with van der Waals surface area (Å²) in [6.45, 7) is 0. The lowest BCUT2D eigenvalue weighted by atomic mass is 9.94. The van der Waals surface area contributed by atoms with Crippen molar-refractivity contribution >= 4 is 17.1 Å². The first-order valence-corrected chi connectivity index (χ1v) is 9.12. The molecule has 0 fully saturated rings. The highest BCUT2D eigenvalue weighted by molar-refractivity contribution is 7.08. The van der Waals surface area contributed by atoms with Crippen molar-refractivity contribution in [3.8, 4) is 16.9 Å². The van der Waals surface area contributed by atoms with Crippen LogP contribution in [-0.4, -0.2) is 22.1 Å². The Bertz CT molecular complexity index is 888. The van der Waals surface area contributed by atoms with Gasteiger partial charge in [0.2, 0.25) is 0 Å². The number of hydrogen-bond donors (Lipinski definition) is 1. The molecule has 0 aliphatic rings. The predicted molar refractivity (Wildman–Crippen MR) is 97.8 cm³/mol. The normalized spacial score (nSPS) is 12.7. The Hall–Kier alpha value is -2.67. The topological polar surface area (TPSA) is 50.2 Å². The van der Waals surface area contributed by atoms with Gasteiger partial charge in [0, 0.05) is 12.8 Å². The van der Waals surface area contributed by atoms with E-state index < -0.39 is 24.3 Å². The number of benzene rings is 1. The number of thiophene rings is 1. The molecule has 27 heavy (non-hydrogen) atoms. The van der Waals surface area contributed by atoms with Gasteiger partial charge in [-0.2, -0.15) is 24.5 Å². The molecule has 0 amide bonds. The fourth-order valence-corrected chi connectivity index (χ4v) is 3.43. The van der Waals surface area contributed by atoms with Gasteiger partial charge < -0.3 is 5.11 Å². The molecular weight excluding hydrogens is 375 g/mol. The maximum absolute atomic E-state index is 13.4. The van der Waals surface area contributed by atoms with Crippen LogP contribution in [0.25, 0.3) is 11.1 Å². The van der Waals surface area contributed by atoms with Crippen LogP contribution in [-0.2, 0) is 11.2 Å². The van der Waals surface area contributed by atoms with Gasteiger partial charge in [-0.15, -0.1) is 0 Å². The molecule has 0 saturated heterocycles. The monoisotopic (exact) mass is 391 g/mol. The molecule has 1 aromatic carbocycles. The van der Waals surface area contributed by atoms with Crippen LogP contribution in [0.3, 0.4) is 0 Å². The van der Waals surface area contributed by atoms with Crippen LogP contribution in [0.1, 0.15) is 23.6 Å². The van der Waals surface area contributed by atoms with Gasteiger partial charge >= 0.3 is 6.18 Å². The van der Waals surface area contributed by atoms with Crippen LogP contribution >= 0.6 is 11.3 Å². The second-order valence-corrected chi connectivity index (χ2v) is 6.94. The number of aromatic nitrogens is 1. The van der Waals surface area contributed by atoms with Gasteiger partial charge in [-0.05, 0) is 45.6 Å². The summed E-state index contributed by atoms with van der Waals surface area (Å²) in [7, 11) is 0. The lowest BCUT2D eigenvalue weighted by molar-refractivity contribution is -0.157. The van der Waals surface area contributed by atoms with Crippen LogP contribution < -0.4 is 0 Å². The molecule has 2 heterocycles. The summed E-state index contributed by atoms with van der Waals surface area (Å²) < 4.78 is 40.1. The minimum atomic E-state index is -4.59. The van der Waals surface area contributed by atoms with E-state index in [1.54, 1.807) is 23.5 Å². The van der Waals surface area contributed by atoms with E-state index in [4.69, 9.17) is 0 Å². The summed E-state index contributed by atoms with van der Waals surface area (Å²) in [5, 5.41) is 13.2. The molecule has 7 heteroatoms. The van der Waals surface area contributed by atoms with Gasteiger partial charge in [0.15, 0.2) is 0 Å². The maximum Gasteiger partial charge on any atom is 0.397 e. The number of alkyl halides is 3. The molecule has 3 aromatic rings. The van der Waals surface area contributed by atoms with E-state index in [9.17, 15) is 23.1 Å². The average Bonchev–Trinajstić information content (AvgIpc) is 3.15. The zero-order valence-electron chi connectivity index (χ0n) is 14.1. The van der Waals surface area contributed by atoms with Crippen molar-refractivity contribution in [3.05, 3.63) is 70.7 Å². The molecule has 140 valence electrons. The quantitative estimate of drug-likeness (QED) is 0.615. The highest BCUT2D eigenvalue weighted by Crippen LogP contribution is 2.37. The largest absolute Gasteiger partial charge is 0.506 e. The molecule has 0 radical (unpaired) electrons. The number of Topliss-reactive ketones (excluding diaryl/α,β-unsaturated/α-hetero) is 1. The van der Waals surface area contributed by atoms with Gasteiger partial charge in [0.1, 0.15) is 17.5 Å². The molecule has 0 aliphatic heterocycles. The summed E-state index contributed by atoms with van der Waals surface area (Å²) in [5.41, 5.74) is 2.45. The molecule has 2 aromatic heterocycles. The Kier molecular flexibility index (Phi) is 5.60. The summed E-state index contributed by atoms with van der Waals surface area (Å²) in [6.07, 6.45) is -4.41. The fourth-order valence-electron chi connectivity index (χ4n) is 2.76. The number of aromatic hydroxyl groups is 1. The number of nitrogens with zero attached hydrogens (tertiary/aromatic N) is 1. The lowest BCUT2D eigenvalue weighted by Crippen LogP contribution is -2.25. The van der Waals surface area contributed by atoms with Gasteiger partial charge in [-0.3, -0.25) is 9.78 Å². The molecule has 0 spiro atoms. The van der Waals surface area contributed by atoms with Crippen molar-refractivity contribution in [3.63, 3.8) is 0 Å². The third-order valence-corrected chi connectivity index (χ3v) is 4.85. The molecule has 3 rings (SSSR count). The van der Waals surface area contributed by atoms with E-state index in [2.05, 4.69) is 4.98 Å². The summed E-state index contributed by atoms with van der Waals surface area (Å²) in [4.78, 5) is 15.9. The molecule has 0 unspecified atom stereocenters. The van der Waals surface area contributed by atoms with Crippen LogP contribution in [0, 0.1) is 0 Å². The minimum Gasteiger partial charge on any atom is -0.506 e. The number of carbonyl (C=O) groups is 1. The fraction of sp³-hybridized carbons (Fsp3) is 0.200. The summed E-state index contributed by atoms with van der Waals surface area (Å²) in [6, 6.07) is 11.4. The number of ketones is 1. The average molecular weight is 391 g/mol. The van der Waals surface area contributed by atoms with E-state index in [-0.39, 0.29) is 17.9 Å². The van der Waals surface area contributed by atoms with E-state index in [0.29, 0.717) is 5.56 Å². The van der Waals surface area contributed by atoms with Crippen molar-refractivity contribution in [1.82, 2.24) is 4.98 Å². The van der Waals surface area contributed by atoms with Crippen LogP contribution in [0.4, 0.5) is 13.2 Å². The molecule has 0 bridgehead atoms. The van der Waals surface area contributed by atoms with Crippen LogP contribution in [0.2, 0.25) is 0 Å². The summed E-state index contributed by atoms with van der Waals surface area (Å²) >= 11 is 1.57. The van der Waals surface area contributed by atoms with E-state index >= 15 is 0 Å². The Morgan fingerprint density at radius 3 is 2.37 bits per heavy atom. The summed E-state index contributed by atoms with van der Waals surface area (Å²) in [5.74, 6) is -2.73. The van der Waals surface area contributed by atoms with E-state index in [1.165, 1.54) is 0 Å². The first kappa shape index (κ1) is 19.1. The Morgan fingerprint density at radius 1 is 1.07 bits per heavy atom. The Morgan fingerprint density at radius 2 is 1.81 bits per heavy atom. The third kappa shape index (κ3) is 4.95. The van der Waals surface area contributed by atoms with E-state index in [0.717, 1.165) is 29.5 Å². The van der Waals surface area contributed by atoms with Gasteiger partial charge in [-0.25, -0.2) is 0 Å². The molecule has 0 aliphatic carbocycles. The number of carbonyl (C=O) groups excluding carboxylic acids is 1. The van der Waals surface area contributed by atoms with Crippen molar-refractivity contribution in [2.45, 2.75) is 24.9 Å². The predicted octanol–water partition coefficient (Wildman–Crippen LogP) is 5.36. The lowest BCUT2D eigenvalue weighted by Gasteiger charge is -2.19. The Balaban J connectivity index is 1.70. The second-order valence-electron chi connectivity index (χ2n) is 6.16. The minimum absolute atomic E-state index is 0.0748. The van der Waals surface area contributed by atoms with Crippen molar-refractivity contribution in [2.24, 2.45) is 0 Å². The second kappa shape index (κ2) is 7.92. The van der Waals surface area contributed by atoms with Crippen molar-refractivity contribution in [1.29, 1.82) is 0 Å². The molecule has 3 nitrogen and oxygen atoms in total. The number of hydrogen-bond acceptors (Lipinski definition) is 4. The SMILES string of the molecule is O=C(Cc1ccc(-c2ccsc2)cc1)C[C@@H](c1ccc(O)cn1)C(F)(F)F. The first-order chi connectivity index (χ1) is 12.8. The molecule has 0 saturated carbocycles. The third-order valence-electron chi connectivity index (χ3n) is 4.16.